The molecule has 5 aromatic rings. The molecule has 7 heteroatoms. The van der Waals surface area contributed by atoms with E-state index in [1.807, 2.05) is 36.3 Å². The van der Waals surface area contributed by atoms with E-state index in [0.717, 1.165) is 77.7 Å². The molecule has 1 aliphatic heterocycles. The van der Waals surface area contributed by atoms with Crippen LogP contribution in [0.1, 0.15) is 55.3 Å². The average Bonchev–Trinajstić information content (AvgIpc) is 3.72. The van der Waals surface area contributed by atoms with Crippen LogP contribution in [0.5, 0.6) is 0 Å². The molecule has 2 aromatic carbocycles. The summed E-state index contributed by atoms with van der Waals surface area (Å²) in [6.07, 6.45) is 7.43. The molecule has 3 aromatic heterocycles. The summed E-state index contributed by atoms with van der Waals surface area (Å²) in [5.41, 5.74) is 6.03. The number of fused-ring (bicyclic) bond motifs is 3. The number of aromatic nitrogens is 4. The first-order valence-corrected chi connectivity index (χ1v) is 14.3. The van der Waals surface area contributed by atoms with Gasteiger partial charge < -0.3 is 14.4 Å². The van der Waals surface area contributed by atoms with Gasteiger partial charge in [0.05, 0.1) is 40.1 Å². The lowest BCUT2D eigenvalue weighted by Crippen LogP contribution is -2.27. The van der Waals surface area contributed by atoms with E-state index >= 15 is 4.39 Å². The van der Waals surface area contributed by atoms with Crippen LogP contribution in [-0.4, -0.2) is 37.7 Å². The highest BCUT2D eigenvalue weighted by Crippen LogP contribution is 2.48. The largest absolute Gasteiger partial charge is 0.385 e. The molecule has 1 N–H and O–H groups in total. The summed E-state index contributed by atoms with van der Waals surface area (Å²) in [5.74, 6) is 0.0314. The van der Waals surface area contributed by atoms with Gasteiger partial charge in [0.2, 0.25) is 0 Å². The Morgan fingerprint density at radius 3 is 2.45 bits per heavy atom. The highest BCUT2D eigenvalue weighted by atomic mass is 19.1. The number of rotatable bonds is 6. The van der Waals surface area contributed by atoms with Crippen molar-refractivity contribution in [3.05, 3.63) is 83.4 Å². The van der Waals surface area contributed by atoms with Gasteiger partial charge in [-0.05, 0) is 80.7 Å². The minimum atomic E-state index is -1.22. The van der Waals surface area contributed by atoms with Gasteiger partial charge in [-0.3, -0.25) is 9.67 Å². The summed E-state index contributed by atoms with van der Waals surface area (Å²) in [6.45, 7) is 5.26. The summed E-state index contributed by atoms with van der Waals surface area (Å²) in [4.78, 5) is 4.95. The molecule has 1 saturated heterocycles. The Bertz CT molecular complexity index is 1690. The van der Waals surface area contributed by atoms with Gasteiger partial charge >= 0.3 is 0 Å². The molecule has 1 unspecified atom stereocenters. The third-order valence-electron chi connectivity index (χ3n) is 9.17. The van der Waals surface area contributed by atoms with Gasteiger partial charge in [0, 0.05) is 43.0 Å². The Labute approximate surface area is 233 Å². The van der Waals surface area contributed by atoms with E-state index in [9.17, 15) is 5.11 Å². The maximum absolute atomic E-state index is 15.8. The number of halogens is 1. The fourth-order valence-corrected chi connectivity index (χ4v) is 6.88. The molecule has 0 spiro atoms. The SMILES string of the molecule is Cc1cnn(C)c1-c1cnc2c3cc(F)c(C(C)(O)C4CC4)cc3n([C@H](c3ccccc3)C3CCOCC3)c2c1. The molecule has 2 fully saturated rings. The van der Waals surface area contributed by atoms with Gasteiger partial charge in [-0.25, -0.2) is 4.39 Å². The van der Waals surface area contributed by atoms with E-state index in [1.165, 1.54) is 5.56 Å². The number of pyridine rings is 1. The van der Waals surface area contributed by atoms with Crippen LogP contribution in [-0.2, 0) is 17.4 Å². The molecule has 1 aliphatic carbocycles. The second-order valence-electron chi connectivity index (χ2n) is 11.8. The van der Waals surface area contributed by atoms with Crippen LogP contribution in [0, 0.1) is 24.6 Å². The van der Waals surface area contributed by atoms with Crippen molar-refractivity contribution >= 4 is 21.9 Å². The molecule has 6 nitrogen and oxygen atoms in total. The molecule has 206 valence electrons. The second-order valence-corrected chi connectivity index (χ2v) is 11.8. The predicted molar refractivity (Wildman–Crippen MR) is 155 cm³/mol. The number of hydrogen-bond acceptors (Lipinski definition) is 4. The minimum absolute atomic E-state index is 0.000954. The highest BCUT2D eigenvalue weighted by Gasteiger charge is 2.43. The van der Waals surface area contributed by atoms with Gasteiger partial charge in [0.1, 0.15) is 5.82 Å². The van der Waals surface area contributed by atoms with Crippen molar-refractivity contribution in [3.63, 3.8) is 0 Å². The van der Waals surface area contributed by atoms with E-state index in [2.05, 4.69) is 46.9 Å². The molecule has 7 rings (SSSR count). The molecule has 2 atom stereocenters. The normalized spacial score (nSPS) is 18.8. The standard InChI is InChI=1S/C33H35FN4O2/c1-20-18-36-37(3)31(20)23-15-29-30(35-19-23)25-16-27(34)26(33(2,39)24-9-10-24)17-28(25)38(29)32(21-7-5-4-6-8-21)22-11-13-40-14-12-22/h4-8,15-19,22,24,32,39H,9-14H2,1-3H3/t32-,33?/m1/s1. The fourth-order valence-electron chi connectivity index (χ4n) is 6.88. The summed E-state index contributed by atoms with van der Waals surface area (Å²) < 4.78 is 25.8. The summed E-state index contributed by atoms with van der Waals surface area (Å²) in [7, 11) is 1.94. The monoisotopic (exact) mass is 538 g/mol. The van der Waals surface area contributed by atoms with E-state index < -0.39 is 5.60 Å². The van der Waals surface area contributed by atoms with Gasteiger partial charge in [-0.15, -0.1) is 0 Å². The summed E-state index contributed by atoms with van der Waals surface area (Å²) in [6, 6.07) is 16.3. The quantitative estimate of drug-likeness (QED) is 0.262. The summed E-state index contributed by atoms with van der Waals surface area (Å²) >= 11 is 0. The highest BCUT2D eigenvalue weighted by molar-refractivity contribution is 6.07. The number of benzene rings is 2. The lowest BCUT2D eigenvalue weighted by molar-refractivity contribution is 0.0296. The molecule has 1 saturated carbocycles. The Kier molecular flexibility index (Phi) is 6.06. The number of aryl methyl sites for hydroxylation is 2. The second kappa shape index (κ2) is 9.53. The molecule has 4 heterocycles. The first-order valence-electron chi connectivity index (χ1n) is 14.3. The van der Waals surface area contributed by atoms with Crippen molar-refractivity contribution in [2.24, 2.45) is 18.9 Å². The van der Waals surface area contributed by atoms with Crippen LogP contribution < -0.4 is 0 Å². The lowest BCUT2D eigenvalue weighted by Gasteiger charge is -2.33. The zero-order chi connectivity index (χ0) is 27.6. The third-order valence-corrected chi connectivity index (χ3v) is 9.17. The first-order chi connectivity index (χ1) is 19.3. The first kappa shape index (κ1) is 25.4. The predicted octanol–water partition coefficient (Wildman–Crippen LogP) is 6.67. The smallest absolute Gasteiger partial charge is 0.130 e. The molecule has 40 heavy (non-hydrogen) atoms. The maximum Gasteiger partial charge on any atom is 0.130 e. The van der Waals surface area contributed by atoms with Crippen LogP contribution >= 0.6 is 0 Å². The zero-order valence-corrected chi connectivity index (χ0v) is 23.3. The van der Waals surface area contributed by atoms with Crippen molar-refractivity contribution in [1.82, 2.24) is 19.3 Å². The van der Waals surface area contributed by atoms with Crippen molar-refractivity contribution in [1.29, 1.82) is 0 Å². The fraction of sp³-hybridized carbons (Fsp3) is 0.394. The minimum Gasteiger partial charge on any atom is -0.385 e. The molecule has 2 aliphatic rings. The van der Waals surface area contributed by atoms with Crippen LogP contribution in [0.3, 0.4) is 0 Å². The maximum atomic E-state index is 15.8. The Hall–Kier alpha value is -3.55. The Morgan fingerprint density at radius 2 is 1.77 bits per heavy atom. The topological polar surface area (TPSA) is 65.1 Å². The van der Waals surface area contributed by atoms with E-state index in [1.54, 1.807) is 13.0 Å². The molecular formula is C33H35FN4O2. The van der Waals surface area contributed by atoms with Gasteiger partial charge in [0.25, 0.3) is 0 Å². The lowest BCUT2D eigenvalue weighted by atomic mass is 9.86. The Morgan fingerprint density at radius 1 is 1.02 bits per heavy atom. The van der Waals surface area contributed by atoms with E-state index in [-0.39, 0.29) is 17.8 Å². The average molecular weight is 539 g/mol. The van der Waals surface area contributed by atoms with E-state index in [4.69, 9.17) is 9.72 Å². The molecule has 0 bridgehead atoms. The molecular weight excluding hydrogens is 503 g/mol. The van der Waals surface area contributed by atoms with Crippen LogP contribution in [0.2, 0.25) is 0 Å². The molecule has 0 amide bonds. The van der Waals surface area contributed by atoms with Crippen molar-refractivity contribution in [3.8, 4) is 11.3 Å². The van der Waals surface area contributed by atoms with Crippen molar-refractivity contribution in [2.45, 2.75) is 51.2 Å². The van der Waals surface area contributed by atoms with Crippen molar-refractivity contribution < 1.29 is 14.2 Å². The molecule has 0 radical (unpaired) electrons. The third kappa shape index (κ3) is 4.06. The van der Waals surface area contributed by atoms with Gasteiger partial charge in [-0.1, -0.05) is 30.3 Å². The number of hydrogen-bond donors (Lipinski definition) is 1. The van der Waals surface area contributed by atoms with Gasteiger partial charge in [-0.2, -0.15) is 5.10 Å². The van der Waals surface area contributed by atoms with Crippen LogP contribution in [0.25, 0.3) is 33.2 Å². The number of ether oxygens (including phenoxy) is 1. The van der Waals surface area contributed by atoms with E-state index in [0.29, 0.717) is 11.5 Å². The zero-order valence-electron chi connectivity index (χ0n) is 23.3. The van der Waals surface area contributed by atoms with Crippen LogP contribution in [0.15, 0.2) is 60.9 Å². The van der Waals surface area contributed by atoms with Crippen LogP contribution in [0.4, 0.5) is 4.39 Å². The van der Waals surface area contributed by atoms with Crippen molar-refractivity contribution in [2.75, 3.05) is 13.2 Å². The van der Waals surface area contributed by atoms with Gasteiger partial charge in [0.15, 0.2) is 0 Å². The summed E-state index contributed by atoms with van der Waals surface area (Å²) in [5, 5.41) is 16.7. The Balaban J connectivity index is 1.56. The number of aliphatic hydroxyl groups is 1. The number of nitrogens with zero attached hydrogens (tertiary/aromatic N) is 4.